The molecule has 0 aromatic heterocycles. The van der Waals surface area contributed by atoms with Gasteiger partial charge in [-0.05, 0) is 16.7 Å². The number of primary amides is 1. The maximum Gasteiger partial charge on any atom is 0.404 e. The molecule has 2 aromatic rings. The average molecular weight is 270 g/mol. The molecule has 20 heavy (non-hydrogen) atoms. The summed E-state index contributed by atoms with van der Waals surface area (Å²) < 4.78 is 4.63. The third-order valence-corrected chi connectivity index (χ3v) is 2.91. The van der Waals surface area contributed by atoms with Gasteiger partial charge in [0, 0.05) is 13.1 Å². The summed E-state index contributed by atoms with van der Waals surface area (Å²) >= 11 is 0. The van der Waals surface area contributed by atoms with Crippen molar-refractivity contribution in [2.24, 2.45) is 5.73 Å². The fourth-order valence-corrected chi connectivity index (χ4v) is 1.90. The SMILES string of the molecule is NC(=O)OCCNCc1ccc(-c2ccccc2)cc1. The maximum atomic E-state index is 10.4. The predicted molar refractivity (Wildman–Crippen MR) is 79.1 cm³/mol. The van der Waals surface area contributed by atoms with Gasteiger partial charge in [-0.25, -0.2) is 4.79 Å². The molecular formula is C16H18N2O2. The Balaban J connectivity index is 1.82. The molecule has 1 amide bonds. The minimum Gasteiger partial charge on any atom is -0.448 e. The van der Waals surface area contributed by atoms with Crippen molar-refractivity contribution < 1.29 is 9.53 Å². The van der Waals surface area contributed by atoms with Crippen molar-refractivity contribution in [2.45, 2.75) is 6.54 Å². The summed E-state index contributed by atoms with van der Waals surface area (Å²) in [7, 11) is 0. The third kappa shape index (κ3) is 4.40. The maximum absolute atomic E-state index is 10.4. The van der Waals surface area contributed by atoms with Gasteiger partial charge >= 0.3 is 6.09 Å². The van der Waals surface area contributed by atoms with Gasteiger partial charge in [0.15, 0.2) is 0 Å². The van der Waals surface area contributed by atoms with Crippen LogP contribution in [-0.4, -0.2) is 19.2 Å². The first-order valence-electron chi connectivity index (χ1n) is 6.53. The van der Waals surface area contributed by atoms with E-state index >= 15 is 0 Å². The molecule has 0 aliphatic heterocycles. The lowest BCUT2D eigenvalue weighted by molar-refractivity contribution is 0.157. The summed E-state index contributed by atoms with van der Waals surface area (Å²) in [6, 6.07) is 18.6. The van der Waals surface area contributed by atoms with E-state index < -0.39 is 6.09 Å². The van der Waals surface area contributed by atoms with Gasteiger partial charge < -0.3 is 15.8 Å². The number of ether oxygens (including phenoxy) is 1. The molecule has 4 nitrogen and oxygen atoms in total. The number of carbonyl (C=O) groups excluding carboxylic acids is 1. The minimum absolute atomic E-state index is 0.289. The molecule has 3 N–H and O–H groups in total. The summed E-state index contributed by atoms with van der Waals surface area (Å²) in [6.45, 7) is 1.61. The van der Waals surface area contributed by atoms with Gasteiger partial charge in [-0.2, -0.15) is 0 Å². The first kappa shape index (κ1) is 14.1. The molecule has 0 fully saturated rings. The van der Waals surface area contributed by atoms with Crippen molar-refractivity contribution in [1.82, 2.24) is 5.32 Å². The standard InChI is InChI=1S/C16H18N2O2/c17-16(19)20-11-10-18-12-13-6-8-15(9-7-13)14-4-2-1-3-5-14/h1-9,18H,10-12H2,(H2,17,19). The number of rotatable bonds is 6. The molecule has 0 aliphatic rings. The third-order valence-electron chi connectivity index (χ3n) is 2.91. The van der Waals surface area contributed by atoms with E-state index in [0.717, 1.165) is 6.54 Å². The summed E-state index contributed by atoms with van der Waals surface area (Å²) in [6.07, 6.45) is -0.737. The second-order valence-electron chi connectivity index (χ2n) is 4.41. The lowest BCUT2D eigenvalue weighted by Crippen LogP contribution is -2.23. The highest BCUT2D eigenvalue weighted by molar-refractivity contribution is 5.64. The Bertz CT molecular complexity index is 538. The zero-order valence-electron chi connectivity index (χ0n) is 11.2. The summed E-state index contributed by atoms with van der Waals surface area (Å²) in [5, 5.41) is 3.18. The molecule has 104 valence electrons. The van der Waals surface area contributed by atoms with Gasteiger partial charge in [0.1, 0.15) is 6.61 Å². The largest absolute Gasteiger partial charge is 0.448 e. The van der Waals surface area contributed by atoms with Gasteiger partial charge in [-0.15, -0.1) is 0 Å². The van der Waals surface area contributed by atoms with Crippen molar-refractivity contribution >= 4 is 6.09 Å². The lowest BCUT2D eigenvalue weighted by Gasteiger charge is -2.06. The van der Waals surface area contributed by atoms with Crippen molar-refractivity contribution in [3.8, 4) is 11.1 Å². The van der Waals surface area contributed by atoms with Gasteiger partial charge in [-0.3, -0.25) is 0 Å². The number of hydrogen-bond acceptors (Lipinski definition) is 3. The zero-order valence-corrected chi connectivity index (χ0v) is 11.2. The Morgan fingerprint density at radius 3 is 2.30 bits per heavy atom. The van der Waals surface area contributed by atoms with Crippen molar-refractivity contribution in [2.75, 3.05) is 13.2 Å². The van der Waals surface area contributed by atoms with E-state index in [4.69, 9.17) is 5.73 Å². The van der Waals surface area contributed by atoms with E-state index in [2.05, 4.69) is 46.5 Å². The molecule has 0 saturated heterocycles. The molecule has 0 heterocycles. The van der Waals surface area contributed by atoms with E-state index in [1.54, 1.807) is 0 Å². The van der Waals surface area contributed by atoms with Crippen LogP contribution in [0.4, 0.5) is 4.79 Å². The molecule has 0 unspecified atom stereocenters. The van der Waals surface area contributed by atoms with E-state index in [1.165, 1.54) is 16.7 Å². The smallest absolute Gasteiger partial charge is 0.404 e. The van der Waals surface area contributed by atoms with Crippen LogP contribution in [0.1, 0.15) is 5.56 Å². The predicted octanol–water partition coefficient (Wildman–Crippen LogP) is 2.54. The fourth-order valence-electron chi connectivity index (χ4n) is 1.90. The van der Waals surface area contributed by atoms with Crippen LogP contribution in [0.15, 0.2) is 54.6 Å². The number of hydrogen-bond donors (Lipinski definition) is 2. The Morgan fingerprint density at radius 2 is 1.65 bits per heavy atom. The monoisotopic (exact) mass is 270 g/mol. The molecular weight excluding hydrogens is 252 g/mol. The topological polar surface area (TPSA) is 64.4 Å². The highest BCUT2D eigenvalue weighted by atomic mass is 16.5. The highest BCUT2D eigenvalue weighted by Gasteiger charge is 1.98. The molecule has 0 atom stereocenters. The van der Waals surface area contributed by atoms with Crippen LogP contribution in [0.3, 0.4) is 0 Å². The van der Waals surface area contributed by atoms with Crippen molar-refractivity contribution in [1.29, 1.82) is 0 Å². The average Bonchev–Trinajstić information content (AvgIpc) is 2.48. The molecule has 0 saturated carbocycles. The Labute approximate surface area is 118 Å². The van der Waals surface area contributed by atoms with Crippen LogP contribution in [0, 0.1) is 0 Å². The van der Waals surface area contributed by atoms with Gasteiger partial charge in [0.2, 0.25) is 0 Å². The van der Waals surface area contributed by atoms with Crippen molar-refractivity contribution in [3.05, 3.63) is 60.2 Å². The van der Waals surface area contributed by atoms with E-state index in [9.17, 15) is 4.79 Å². The summed E-state index contributed by atoms with van der Waals surface area (Å²) in [4.78, 5) is 10.4. The number of nitrogens with one attached hydrogen (secondary N) is 1. The zero-order chi connectivity index (χ0) is 14.2. The second-order valence-corrected chi connectivity index (χ2v) is 4.41. The molecule has 0 bridgehead atoms. The number of carbonyl (C=O) groups is 1. The molecule has 2 rings (SSSR count). The quantitative estimate of drug-likeness (QED) is 0.793. The fraction of sp³-hybridized carbons (Fsp3) is 0.188. The number of amides is 1. The lowest BCUT2D eigenvalue weighted by atomic mass is 10.0. The Morgan fingerprint density at radius 1 is 1.00 bits per heavy atom. The molecule has 2 aromatic carbocycles. The normalized spacial score (nSPS) is 10.2. The van der Waals surface area contributed by atoms with E-state index in [1.807, 2.05) is 18.2 Å². The Hall–Kier alpha value is -2.33. The van der Waals surface area contributed by atoms with Crippen LogP contribution in [0.2, 0.25) is 0 Å². The van der Waals surface area contributed by atoms with Crippen LogP contribution >= 0.6 is 0 Å². The van der Waals surface area contributed by atoms with E-state index in [0.29, 0.717) is 6.54 Å². The number of nitrogens with two attached hydrogens (primary N) is 1. The van der Waals surface area contributed by atoms with Crippen molar-refractivity contribution in [3.63, 3.8) is 0 Å². The first-order chi connectivity index (χ1) is 9.75. The van der Waals surface area contributed by atoms with Gasteiger partial charge in [-0.1, -0.05) is 54.6 Å². The van der Waals surface area contributed by atoms with Gasteiger partial charge in [0.05, 0.1) is 0 Å². The van der Waals surface area contributed by atoms with Gasteiger partial charge in [0.25, 0.3) is 0 Å². The molecule has 0 spiro atoms. The summed E-state index contributed by atoms with van der Waals surface area (Å²) in [5.74, 6) is 0. The van der Waals surface area contributed by atoms with Crippen LogP contribution in [-0.2, 0) is 11.3 Å². The van der Waals surface area contributed by atoms with Crippen LogP contribution in [0.25, 0.3) is 11.1 Å². The molecule has 4 heteroatoms. The summed E-state index contributed by atoms with van der Waals surface area (Å²) in [5.41, 5.74) is 8.46. The minimum atomic E-state index is -0.737. The van der Waals surface area contributed by atoms with E-state index in [-0.39, 0.29) is 6.61 Å². The van der Waals surface area contributed by atoms with Crippen LogP contribution in [0.5, 0.6) is 0 Å². The first-order valence-corrected chi connectivity index (χ1v) is 6.53. The Kier molecular flexibility index (Phi) is 5.15. The molecule has 0 radical (unpaired) electrons. The highest BCUT2D eigenvalue weighted by Crippen LogP contribution is 2.18. The second kappa shape index (κ2) is 7.31. The number of benzene rings is 2. The molecule has 0 aliphatic carbocycles. The van der Waals surface area contributed by atoms with Crippen LogP contribution < -0.4 is 11.1 Å².